The Kier molecular flexibility index (Phi) is 4.40. The molecule has 3 unspecified atom stereocenters. The average molecular weight is 278 g/mol. The Morgan fingerprint density at radius 1 is 1.32 bits per heavy atom. The molecule has 1 aromatic rings. The lowest BCUT2D eigenvalue weighted by Gasteiger charge is -2.32. The molecule has 0 aliphatic heterocycles. The summed E-state index contributed by atoms with van der Waals surface area (Å²) in [6.45, 7) is 6.54. The maximum atomic E-state index is 6.02. The maximum absolute atomic E-state index is 6.02. The van der Waals surface area contributed by atoms with E-state index in [1.165, 1.54) is 6.42 Å². The number of aryl methyl sites for hydroxylation is 1. The van der Waals surface area contributed by atoms with Gasteiger partial charge in [-0.3, -0.25) is 0 Å². The van der Waals surface area contributed by atoms with Gasteiger partial charge >= 0.3 is 0 Å². The molecule has 1 aromatic heterocycles. The zero-order chi connectivity index (χ0) is 14.0. The summed E-state index contributed by atoms with van der Waals surface area (Å²) < 4.78 is 6.02. The predicted molar refractivity (Wildman–Crippen MR) is 81.5 cm³/mol. The van der Waals surface area contributed by atoms with Crippen LogP contribution in [0.2, 0.25) is 0 Å². The third-order valence-corrected chi connectivity index (χ3v) is 4.29. The molecule has 19 heavy (non-hydrogen) atoms. The summed E-state index contributed by atoms with van der Waals surface area (Å²) in [6.07, 6.45) is 3.68. The van der Waals surface area contributed by atoms with Crippen molar-refractivity contribution >= 4 is 17.2 Å². The van der Waals surface area contributed by atoms with Crippen molar-refractivity contribution in [3.63, 3.8) is 0 Å². The van der Waals surface area contributed by atoms with Crippen molar-refractivity contribution in [3.05, 3.63) is 23.4 Å². The van der Waals surface area contributed by atoms with Gasteiger partial charge in [-0.25, -0.2) is 4.98 Å². The van der Waals surface area contributed by atoms with Crippen LogP contribution >= 0.6 is 12.2 Å². The van der Waals surface area contributed by atoms with Crippen molar-refractivity contribution in [2.24, 2.45) is 17.6 Å². The summed E-state index contributed by atoms with van der Waals surface area (Å²) in [4.78, 5) is 4.81. The van der Waals surface area contributed by atoms with E-state index in [0.29, 0.717) is 16.8 Å². The second-order valence-electron chi connectivity index (χ2n) is 5.71. The lowest BCUT2D eigenvalue weighted by atomic mass is 9.80. The second kappa shape index (κ2) is 5.87. The number of nitrogens with two attached hydrogens (primary N) is 1. The summed E-state index contributed by atoms with van der Waals surface area (Å²) in [5.41, 5.74) is 7.39. The first-order chi connectivity index (χ1) is 8.95. The van der Waals surface area contributed by atoms with E-state index < -0.39 is 0 Å². The smallest absolute Gasteiger partial charge is 0.214 e. The van der Waals surface area contributed by atoms with Gasteiger partial charge in [0.25, 0.3) is 0 Å². The lowest BCUT2D eigenvalue weighted by molar-refractivity contribution is 0.0963. The molecular weight excluding hydrogens is 256 g/mol. The Labute approximate surface area is 120 Å². The van der Waals surface area contributed by atoms with Crippen molar-refractivity contribution in [1.29, 1.82) is 0 Å². The molecule has 0 amide bonds. The first kappa shape index (κ1) is 14.3. The van der Waals surface area contributed by atoms with Crippen LogP contribution in [0.15, 0.2) is 12.1 Å². The van der Waals surface area contributed by atoms with Crippen molar-refractivity contribution < 1.29 is 4.74 Å². The highest BCUT2D eigenvalue weighted by Crippen LogP contribution is 2.31. The number of thiocarbonyl (C=S) groups is 1. The Hall–Kier alpha value is -1.16. The van der Waals surface area contributed by atoms with Gasteiger partial charge in [0.15, 0.2) is 0 Å². The van der Waals surface area contributed by atoms with Crippen LogP contribution in [0.25, 0.3) is 0 Å². The summed E-state index contributed by atoms with van der Waals surface area (Å²) in [5, 5.41) is 0. The van der Waals surface area contributed by atoms with Gasteiger partial charge in [-0.05, 0) is 44.1 Å². The number of nitrogens with zero attached hydrogens (tertiary/aromatic N) is 1. The predicted octanol–water partition coefficient (Wildman–Crippen LogP) is 3.23. The normalized spacial score (nSPS) is 27.0. The molecule has 2 rings (SSSR count). The van der Waals surface area contributed by atoms with E-state index >= 15 is 0 Å². The van der Waals surface area contributed by atoms with Gasteiger partial charge in [0.2, 0.25) is 5.88 Å². The molecule has 2 N–H and O–H groups in total. The zero-order valence-electron chi connectivity index (χ0n) is 11.8. The summed E-state index contributed by atoms with van der Waals surface area (Å²) >= 11 is 5.01. The number of pyridine rings is 1. The van der Waals surface area contributed by atoms with Gasteiger partial charge in [-0.1, -0.05) is 26.1 Å². The molecule has 1 fully saturated rings. The highest BCUT2D eigenvalue weighted by Gasteiger charge is 2.26. The second-order valence-corrected chi connectivity index (χ2v) is 6.15. The van der Waals surface area contributed by atoms with Gasteiger partial charge in [0.05, 0.1) is 0 Å². The highest BCUT2D eigenvalue weighted by molar-refractivity contribution is 7.80. The largest absolute Gasteiger partial charge is 0.474 e. The van der Waals surface area contributed by atoms with Crippen LogP contribution in [-0.2, 0) is 0 Å². The molecule has 3 nitrogen and oxygen atoms in total. The fourth-order valence-electron chi connectivity index (χ4n) is 2.62. The molecule has 4 heteroatoms. The quantitative estimate of drug-likeness (QED) is 0.862. The van der Waals surface area contributed by atoms with Crippen LogP contribution in [0, 0.1) is 18.8 Å². The minimum atomic E-state index is 0.264. The third-order valence-electron chi connectivity index (χ3n) is 4.05. The van der Waals surface area contributed by atoms with E-state index in [9.17, 15) is 0 Å². The monoisotopic (exact) mass is 278 g/mol. The van der Waals surface area contributed by atoms with Gasteiger partial charge in [-0.15, -0.1) is 0 Å². The molecule has 0 bridgehead atoms. The van der Waals surface area contributed by atoms with E-state index in [0.717, 1.165) is 30.0 Å². The van der Waals surface area contributed by atoms with Crippen LogP contribution in [0.1, 0.15) is 44.4 Å². The Morgan fingerprint density at radius 2 is 2.05 bits per heavy atom. The Balaban J connectivity index is 2.09. The third kappa shape index (κ3) is 3.66. The van der Waals surface area contributed by atoms with E-state index in [2.05, 4.69) is 18.8 Å². The number of rotatable bonds is 3. The summed E-state index contributed by atoms with van der Waals surface area (Å²) in [7, 11) is 0. The van der Waals surface area contributed by atoms with Gasteiger partial charge in [0.1, 0.15) is 11.1 Å². The summed E-state index contributed by atoms with van der Waals surface area (Å²) in [5.74, 6) is 2.14. The van der Waals surface area contributed by atoms with Crippen molar-refractivity contribution in [2.75, 3.05) is 0 Å². The zero-order valence-corrected chi connectivity index (χ0v) is 12.7. The van der Waals surface area contributed by atoms with Gasteiger partial charge in [0, 0.05) is 17.3 Å². The van der Waals surface area contributed by atoms with Crippen LogP contribution < -0.4 is 10.5 Å². The van der Waals surface area contributed by atoms with Gasteiger partial charge < -0.3 is 10.5 Å². The van der Waals surface area contributed by atoms with E-state index in [4.69, 9.17) is 22.7 Å². The molecular formula is C15H22N2OS. The Bertz CT molecular complexity index is 475. The molecule has 0 saturated heterocycles. The minimum Gasteiger partial charge on any atom is -0.474 e. The van der Waals surface area contributed by atoms with Crippen LogP contribution in [0.4, 0.5) is 0 Å². The van der Waals surface area contributed by atoms with Crippen LogP contribution in [0.5, 0.6) is 5.88 Å². The Morgan fingerprint density at radius 3 is 2.68 bits per heavy atom. The van der Waals surface area contributed by atoms with Crippen LogP contribution in [0.3, 0.4) is 0 Å². The molecule has 0 aromatic carbocycles. The molecule has 1 aliphatic rings. The number of hydrogen-bond acceptors (Lipinski definition) is 3. The van der Waals surface area contributed by atoms with Gasteiger partial charge in [-0.2, -0.15) is 0 Å². The number of aromatic nitrogens is 1. The molecule has 104 valence electrons. The SMILES string of the molecule is Cc1cc(C(N)=S)cc(OC2CCC(C)C(C)C2)n1. The highest BCUT2D eigenvalue weighted by atomic mass is 32.1. The van der Waals surface area contributed by atoms with E-state index in [-0.39, 0.29) is 6.10 Å². The molecule has 0 radical (unpaired) electrons. The molecule has 1 heterocycles. The standard InChI is InChI=1S/C15H22N2OS/c1-9-4-5-13(6-10(9)2)18-14-8-12(15(16)19)7-11(3)17-14/h7-10,13H,4-6H2,1-3H3,(H2,16,19). The fraction of sp³-hybridized carbons (Fsp3) is 0.600. The molecule has 1 saturated carbocycles. The molecule has 1 aliphatic carbocycles. The first-order valence-electron chi connectivity index (χ1n) is 6.91. The maximum Gasteiger partial charge on any atom is 0.214 e. The number of ether oxygens (including phenoxy) is 1. The van der Waals surface area contributed by atoms with Crippen molar-refractivity contribution in [1.82, 2.24) is 4.98 Å². The fourth-order valence-corrected chi connectivity index (χ4v) is 2.73. The minimum absolute atomic E-state index is 0.264. The first-order valence-corrected chi connectivity index (χ1v) is 7.31. The average Bonchev–Trinajstić information content (AvgIpc) is 2.33. The van der Waals surface area contributed by atoms with Crippen LogP contribution in [-0.4, -0.2) is 16.1 Å². The number of hydrogen-bond donors (Lipinski definition) is 1. The van der Waals surface area contributed by atoms with E-state index in [1.54, 1.807) is 0 Å². The van der Waals surface area contributed by atoms with E-state index in [1.807, 2.05) is 19.1 Å². The lowest BCUT2D eigenvalue weighted by Crippen LogP contribution is -2.29. The van der Waals surface area contributed by atoms with Crippen molar-refractivity contribution in [2.45, 2.75) is 46.1 Å². The van der Waals surface area contributed by atoms with Crippen molar-refractivity contribution in [3.8, 4) is 5.88 Å². The topological polar surface area (TPSA) is 48.1 Å². The molecule has 3 atom stereocenters. The molecule has 0 spiro atoms. The summed E-state index contributed by atoms with van der Waals surface area (Å²) in [6, 6.07) is 3.73.